The van der Waals surface area contributed by atoms with Crippen LogP contribution in [0.4, 0.5) is 5.82 Å². The van der Waals surface area contributed by atoms with Crippen LogP contribution in [0.5, 0.6) is 0 Å². The summed E-state index contributed by atoms with van der Waals surface area (Å²) in [4.78, 5) is 12.0. The van der Waals surface area contributed by atoms with Crippen molar-refractivity contribution < 1.29 is 0 Å². The molecule has 2 rings (SSSR count). The number of rotatable bonds is 2. The minimum atomic E-state index is 0.410. The van der Waals surface area contributed by atoms with Crippen LogP contribution in [-0.2, 0) is 6.54 Å². The molecule has 1 radical (unpaired) electrons. The van der Waals surface area contributed by atoms with Crippen molar-refractivity contribution in [2.24, 2.45) is 0 Å². The number of anilines is 1. The second kappa shape index (κ2) is 3.21. The second-order valence-electron chi connectivity index (χ2n) is 2.57. The van der Waals surface area contributed by atoms with Gasteiger partial charge in [0.2, 0.25) is 0 Å². The third kappa shape index (κ3) is 1.33. The van der Waals surface area contributed by atoms with Crippen LogP contribution >= 0.6 is 12.6 Å². The number of hydrogen-bond donors (Lipinski definition) is 1. The first-order valence-electron chi connectivity index (χ1n) is 3.82. The standard InChI is InChI=1S/C7H8N5S/c8-6-5-7(10-3-9-6)12(1-2-13)4-11-5/h3-4H,1-2H2,(H2,8,9,10). The summed E-state index contributed by atoms with van der Waals surface area (Å²) in [6, 6.07) is 0. The van der Waals surface area contributed by atoms with Crippen molar-refractivity contribution in [3.8, 4) is 0 Å². The van der Waals surface area contributed by atoms with E-state index in [-0.39, 0.29) is 0 Å². The molecule has 2 heterocycles. The third-order valence-corrected chi connectivity index (χ3v) is 1.94. The molecule has 0 aliphatic carbocycles. The number of aromatic nitrogens is 4. The highest BCUT2D eigenvalue weighted by Crippen LogP contribution is 2.13. The van der Waals surface area contributed by atoms with Gasteiger partial charge in [0.05, 0.1) is 6.33 Å². The Labute approximate surface area is 80.4 Å². The van der Waals surface area contributed by atoms with Crippen LogP contribution < -0.4 is 5.73 Å². The SMILES string of the molecule is Nc1ncnc2c1ncn2CC[S]. The predicted octanol–water partition coefficient (Wildman–Crippen LogP) is 0.606. The highest BCUT2D eigenvalue weighted by molar-refractivity contribution is 7.80. The molecule has 2 aromatic heterocycles. The molecule has 0 spiro atoms. The van der Waals surface area contributed by atoms with Crippen molar-refractivity contribution in [2.45, 2.75) is 6.54 Å². The number of hydrogen-bond acceptors (Lipinski definition) is 4. The van der Waals surface area contributed by atoms with E-state index in [1.165, 1.54) is 6.33 Å². The van der Waals surface area contributed by atoms with Crippen molar-refractivity contribution in [1.29, 1.82) is 0 Å². The molecule has 0 amide bonds. The van der Waals surface area contributed by atoms with Crippen molar-refractivity contribution in [2.75, 3.05) is 11.5 Å². The van der Waals surface area contributed by atoms with Gasteiger partial charge in [-0.05, 0) is 0 Å². The van der Waals surface area contributed by atoms with E-state index in [0.29, 0.717) is 17.1 Å². The van der Waals surface area contributed by atoms with E-state index in [0.717, 1.165) is 12.2 Å². The zero-order chi connectivity index (χ0) is 9.26. The van der Waals surface area contributed by atoms with E-state index in [4.69, 9.17) is 18.4 Å². The molecule has 13 heavy (non-hydrogen) atoms. The lowest BCUT2D eigenvalue weighted by atomic mass is 10.5. The number of imidazole rings is 1. The Morgan fingerprint density at radius 3 is 3.00 bits per heavy atom. The number of nitrogens with zero attached hydrogens (tertiary/aromatic N) is 4. The molecule has 0 atom stereocenters. The quantitative estimate of drug-likeness (QED) is 0.760. The van der Waals surface area contributed by atoms with E-state index >= 15 is 0 Å². The molecule has 6 heteroatoms. The Hall–Kier alpha value is -1.30. The van der Waals surface area contributed by atoms with Gasteiger partial charge in [-0.1, -0.05) is 12.6 Å². The molecule has 67 valence electrons. The number of aryl methyl sites for hydroxylation is 1. The second-order valence-corrected chi connectivity index (χ2v) is 2.98. The average Bonchev–Trinajstić information content (AvgIpc) is 2.51. The van der Waals surface area contributed by atoms with Crippen LogP contribution in [0.25, 0.3) is 11.2 Å². The highest BCUT2D eigenvalue weighted by Gasteiger charge is 2.05. The Balaban J connectivity index is 2.61. The van der Waals surface area contributed by atoms with Crippen LogP contribution in [0, 0.1) is 0 Å². The fourth-order valence-electron chi connectivity index (χ4n) is 1.16. The molecule has 2 aromatic rings. The maximum Gasteiger partial charge on any atom is 0.165 e. The molecular formula is C7H8N5S. The Kier molecular flexibility index (Phi) is 2.05. The van der Waals surface area contributed by atoms with Crippen molar-refractivity contribution in [3.05, 3.63) is 12.7 Å². The number of nitrogens with two attached hydrogens (primary N) is 1. The van der Waals surface area contributed by atoms with Crippen LogP contribution in [-0.4, -0.2) is 25.3 Å². The molecule has 0 aromatic carbocycles. The first-order chi connectivity index (χ1) is 6.33. The van der Waals surface area contributed by atoms with Crippen LogP contribution in [0.15, 0.2) is 12.7 Å². The van der Waals surface area contributed by atoms with Crippen LogP contribution in [0.3, 0.4) is 0 Å². The molecule has 5 nitrogen and oxygen atoms in total. The van der Waals surface area contributed by atoms with E-state index in [1.54, 1.807) is 6.33 Å². The monoisotopic (exact) mass is 194 g/mol. The lowest BCUT2D eigenvalue weighted by molar-refractivity contribution is 0.788. The summed E-state index contributed by atoms with van der Waals surface area (Å²) < 4.78 is 1.88. The first kappa shape index (κ1) is 8.31. The van der Waals surface area contributed by atoms with Gasteiger partial charge in [-0.25, -0.2) is 15.0 Å². The summed E-state index contributed by atoms with van der Waals surface area (Å²) in [5.41, 5.74) is 7.00. The summed E-state index contributed by atoms with van der Waals surface area (Å²) >= 11 is 4.87. The molecule has 0 fully saturated rings. The van der Waals surface area contributed by atoms with Crippen molar-refractivity contribution >= 4 is 29.6 Å². The van der Waals surface area contributed by atoms with Gasteiger partial charge < -0.3 is 10.3 Å². The smallest absolute Gasteiger partial charge is 0.165 e. The minimum absolute atomic E-state index is 0.410. The van der Waals surface area contributed by atoms with Gasteiger partial charge in [0.1, 0.15) is 11.8 Å². The summed E-state index contributed by atoms with van der Waals surface area (Å²) in [6.07, 6.45) is 3.11. The maximum atomic E-state index is 5.61. The molecule has 0 saturated carbocycles. The fourth-order valence-corrected chi connectivity index (χ4v) is 1.36. The molecule has 0 bridgehead atoms. The minimum Gasteiger partial charge on any atom is -0.382 e. The van der Waals surface area contributed by atoms with E-state index in [2.05, 4.69) is 15.0 Å². The maximum absolute atomic E-state index is 5.61. The molecule has 0 saturated heterocycles. The van der Waals surface area contributed by atoms with Crippen LogP contribution in [0.1, 0.15) is 0 Å². The van der Waals surface area contributed by atoms with Gasteiger partial charge in [-0.3, -0.25) is 0 Å². The van der Waals surface area contributed by atoms with Gasteiger partial charge in [0, 0.05) is 12.3 Å². The largest absolute Gasteiger partial charge is 0.382 e. The Morgan fingerprint density at radius 2 is 2.23 bits per heavy atom. The van der Waals surface area contributed by atoms with Gasteiger partial charge in [-0.2, -0.15) is 0 Å². The zero-order valence-corrected chi connectivity index (χ0v) is 7.66. The first-order valence-corrected chi connectivity index (χ1v) is 4.40. The highest BCUT2D eigenvalue weighted by atomic mass is 32.1. The average molecular weight is 194 g/mol. The fraction of sp³-hybridized carbons (Fsp3) is 0.286. The summed E-state index contributed by atoms with van der Waals surface area (Å²) in [7, 11) is 0. The Morgan fingerprint density at radius 1 is 1.38 bits per heavy atom. The van der Waals surface area contributed by atoms with Crippen molar-refractivity contribution in [3.63, 3.8) is 0 Å². The Bertz CT molecular complexity index is 424. The van der Waals surface area contributed by atoms with Gasteiger partial charge in [-0.15, -0.1) is 0 Å². The lowest BCUT2D eigenvalue weighted by Gasteiger charge is -1.98. The van der Waals surface area contributed by atoms with Gasteiger partial charge in [0.25, 0.3) is 0 Å². The van der Waals surface area contributed by atoms with Gasteiger partial charge in [0.15, 0.2) is 11.5 Å². The topological polar surface area (TPSA) is 69.6 Å². The summed E-state index contributed by atoms with van der Waals surface area (Å²) in [6.45, 7) is 0.724. The molecule has 0 aliphatic heterocycles. The zero-order valence-electron chi connectivity index (χ0n) is 6.84. The summed E-state index contributed by atoms with van der Waals surface area (Å²) in [5.74, 6) is 1.04. The molecule has 0 unspecified atom stereocenters. The van der Waals surface area contributed by atoms with E-state index in [1.807, 2.05) is 4.57 Å². The van der Waals surface area contributed by atoms with E-state index < -0.39 is 0 Å². The third-order valence-electron chi connectivity index (χ3n) is 1.76. The normalized spacial score (nSPS) is 10.8. The lowest BCUT2D eigenvalue weighted by Crippen LogP contribution is -1.99. The predicted molar refractivity (Wildman–Crippen MR) is 52.2 cm³/mol. The van der Waals surface area contributed by atoms with Gasteiger partial charge >= 0.3 is 0 Å². The summed E-state index contributed by atoms with van der Waals surface area (Å²) in [5, 5.41) is 0. The molecule has 2 N–H and O–H groups in total. The molecular weight excluding hydrogens is 186 g/mol. The van der Waals surface area contributed by atoms with Crippen LogP contribution in [0.2, 0.25) is 0 Å². The van der Waals surface area contributed by atoms with Crippen molar-refractivity contribution in [1.82, 2.24) is 19.5 Å². The number of fused-ring (bicyclic) bond motifs is 1. The molecule has 0 aliphatic rings. The number of nitrogen functional groups attached to an aromatic ring is 1. The van der Waals surface area contributed by atoms with E-state index in [9.17, 15) is 0 Å².